The number of halogens is 2. The van der Waals surface area contributed by atoms with Crippen LogP contribution in [0.5, 0.6) is 17.2 Å². The number of alkyl halides is 1. The van der Waals surface area contributed by atoms with Crippen LogP contribution in [0.2, 0.25) is 0 Å². The van der Waals surface area contributed by atoms with E-state index in [-0.39, 0.29) is 61.2 Å². The maximum absolute atomic E-state index is 15.2. The number of hydrogen-bond donors (Lipinski definition) is 2. The van der Waals surface area contributed by atoms with Gasteiger partial charge in [-0.05, 0) is 42.0 Å². The van der Waals surface area contributed by atoms with E-state index in [9.17, 15) is 14.0 Å². The number of carboxylic acid groups (broad SMARTS) is 1. The molecule has 0 bridgehead atoms. The van der Waals surface area contributed by atoms with Crippen LogP contribution in [-0.4, -0.2) is 75.2 Å². The van der Waals surface area contributed by atoms with Crippen molar-refractivity contribution in [2.24, 2.45) is 0 Å². The van der Waals surface area contributed by atoms with Crippen LogP contribution < -0.4 is 19.1 Å². The number of methoxy groups -OCH3 is 2. The molecular weight excluding hydrogens is 536 g/mol. The van der Waals surface area contributed by atoms with Crippen LogP contribution in [0.3, 0.4) is 0 Å². The summed E-state index contributed by atoms with van der Waals surface area (Å²) in [6, 6.07) is 5.05. The second-order valence-corrected chi connectivity index (χ2v) is 11.0. The number of amidine groups is 1. The Labute approximate surface area is 239 Å². The molecule has 1 heterocycles. The van der Waals surface area contributed by atoms with Crippen molar-refractivity contribution in [2.75, 3.05) is 52.5 Å². The fourth-order valence-electron chi connectivity index (χ4n) is 4.81. The molecule has 0 saturated heterocycles. The molecule has 0 aromatic heterocycles. The highest BCUT2D eigenvalue weighted by Gasteiger charge is 2.33. The summed E-state index contributed by atoms with van der Waals surface area (Å²) in [6.45, 7) is 5.93. The van der Waals surface area contributed by atoms with Gasteiger partial charge in [-0.1, -0.05) is 20.8 Å². The minimum Gasteiger partial charge on any atom is -0.493 e. The van der Waals surface area contributed by atoms with Crippen molar-refractivity contribution in [3.05, 3.63) is 46.3 Å². The Morgan fingerprint density at radius 1 is 1.12 bits per heavy atom. The van der Waals surface area contributed by atoms with Gasteiger partial charge in [-0.2, -0.15) is 0 Å². The van der Waals surface area contributed by atoms with Gasteiger partial charge in [-0.15, -0.1) is 0 Å². The molecule has 0 aliphatic carbocycles. The first-order valence-corrected chi connectivity index (χ1v) is 13.4. The molecule has 1 aliphatic heterocycles. The van der Waals surface area contributed by atoms with Gasteiger partial charge in [0, 0.05) is 37.7 Å². The van der Waals surface area contributed by atoms with E-state index in [4.69, 9.17) is 24.7 Å². The molecule has 0 fully saturated rings. The van der Waals surface area contributed by atoms with Crippen molar-refractivity contribution in [2.45, 2.75) is 52.0 Å². The summed E-state index contributed by atoms with van der Waals surface area (Å²) in [7, 11) is 4.51. The molecule has 0 atom stereocenters. The lowest BCUT2D eigenvalue weighted by Gasteiger charge is -2.30. The zero-order chi connectivity index (χ0) is 30.5. The number of Topliss-reactive ketones (excluding diaryl/α,β-unsaturated/α-hetero) is 1. The Morgan fingerprint density at radius 3 is 2.41 bits per heavy atom. The summed E-state index contributed by atoms with van der Waals surface area (Å²) in [5, 5.41) is 17.6. The highest BCUT2D eigenvalue weighted by atomic mass is 19.1. The van der Waals surface area contributed by atoms with Crippen LogP contribution in [0.1, 0.15) is 67.1 Å². The summed E-state index contributed by atoms with van der Waals surface area (Å²) < 4.78 is 44.7. The molecule has 2 aromatic carbocycles. The summed E-state index contributed by atoms with van der Waals surface area (Å²) in [5.41, 5.74) is 1.83. The number of nitrogens with zero attached hydrogens (tertiary/aromatic N) is 2. The predicted octanol–water partition coefficient (Wildman–Crippen LogP) is 5.20. The van der Waals surface area contributed by atoms with Crippen LogP contribution in [0.4, 0.5) is 14.5 Å². The van der Waals surface area contributed by atoms with Gasteiger partial charge in [0.05, 0.1) is 45.3 Å². The number of ketones is 1. The Bertz CT molecular complexity index is 1310. The number of aliphatic carboxylic acids is 1. The number of nitrogens with one attached hydrogen (secondary N) is 1. The number of rotatable bonds is 14. The van der Waals surface area contributed by atoms with Gasteiger partial charge in [-0.25, -0.2) is 4.39 Å². The number of carbonyl (C=O) groups excluding carboxylic acids is 1. The topological polar surface area (TPSA) is 112 Å². The van der Waals surface area contributed by atoms with Gasteiger partial charge < -0.3 is 29.1 Å². The molecule has 3 rings (SSSR count). The molecule has 0 amide bonds. The first-order chi connectivity index (χ1) is 19.3. The molecular formula is C30H39F2N3O6. The average molecular weight is 576 g/mol. The van der Waals surface area contributed by atoms with Crippen molar-refractivity contribution < 1.29 is 37.7 Å². The molecule has 0 radical (unpaired) electrons. The summed E-state index contributed by atoms with van der Waals surface area (Å²) in [4.78, 5) is 28.0. The van der Waals surface area contributed by atoms with Gasteiger partial charge in [0.2, 0.25) is 0 Å². The summed E-state index contributed by atoms with van der Waals surface area (Å²) in [5.74, 6) is -1.41. The molecule has 11 heteroatoms. The Kier molecular flexibility index (Phi) is 10.2. The van der Waals surface area contributed by atoms with Crippen molar-refractivity contribution in [1.29, 1.82) is 5.41 Å². The zero-order valence-corrected chi connectivity index (χ0v) is 24.5. The third-order valence-electron chi connectivity index (χ3n) is 6.96. The van der Waals surface area contributed by atoms with Crippen LogP contribution in [0, 0.1) is 11.2 Å². The maximum atomic E-state index is 15.2. The third kappa shape index (κ3) is 7.07. The summed E-state index contributed by atoms with van der Waals surface area (Å²) >= 11 is 0. The largest absolute Gasteiger partial charge is 0.493 e. The Balaban J connectivity index is 1.97. The Morgan fingerprint density at radius 2 is 1.83 bits per heavy atom. The molecule has 224 valence electrons. The summed E-state index contributed by atoms with van der Waals surface area (Å²) in [6.07, 6.45) is 0.535. The second-order valence-electron chi connectivity index (χ2n) is 11.0. The van der Waals surface area contributed by atoms with E-state index in [0.717, 1.165) is 5.56 Å². The zero-order valence-electron chi connectivity index (χ0n) is 24.5. The molecule has 1 aliphatic rings. The molecule has 2 aromatic rings. The van der Waals surface area contributed by atoms with Gasteiger partial charge in [-0.3, -0.25) is 19.4 Å². The minimum absolute atomic E-state index is 0.0447. The van der Waals surface area contributed by atoms with Gasteiger partial charge >= 0.3 is 5.97 Å². The van der Waals surface area contributed by atoms with Gasteiger partial charge in [0.1, 0.15) is 11.6 Å². The van der Waals surface area contributed by atoms with Crippen molar-refractivity contribution >= 4 is 23.3 Å². The molecule has 0 saturated carbocycles. The molecule has 0 spiro atoms. The number of benzene rings is 2. The van der Waals surface area contributed by atoms with Gasteiger partial charge in [0.15, 0.2) is 23.1 Å². The number of fused-ring (bicyclic) bond motifs is 1. The molecule has 0 unspecified atom stereocenters. The third-order valence-corrected chi connectivity index (χ3v) is 6.96. The van der Waals surface area contributed by atoms with E-state index >= 15 is 4.39 Å². The molecule has 9 nitrogen and oxygen atoms in total. The van der Waals surface area contributed by atoms with Crippen LogP contribution in [0.25, 0.3) is 0 Å². The second kappa shape index (κ2) is 13.2. The van der Waals surface area contributed by atoms with E-state index in [1.807, 2.05) is 25.7 Å². The quantitative estimate of drug-likeness (QED) is 0.233. The molecule has 41 heavy (non-hydrogen) atoms. The highest BCUT2D eigenvalue weighted by Crippen LogP contribution is 2.41. The average Bonchev–Trinajstić information content (AvgIpc) is 3.23. The molecule has 2 N–H and O–H groups in total. The lowest BCUT2D eigenvalue weighted by Crippen LogP contribution is -2.31. The maximum Gasteiger partial charge on any atom is 0.303 e. The lowest BCUT2D eigenvalue weighted by atomic mass is 9.84. The lowest BCUT2D eigenvalue weighted by molar-refractivity contribution is -0.137. The number of hydrogen-bond acceptors (Lipinski definition) is 7. The monoisotopic (exact) mass is 575 g/mol. The van der Waals surface area contributed by atoms with E-state index < -0.39 is 23.9 Å². The highest BCUT2D eigenvalue weighted by molar-refractivity contribution is 6.06. The minimum atomic E-state index is -0.919. The Hall–Kier alpha value is -3.89. The first-order valence-electron chi connectivity index (χ1n) is 13.4. The standard InChI is InChI=1S/C30H39F2N3O6/c1-30(2,3)20-13-18(14-21(34(4)11-8-10-31)27(20)41-12-7-9-24(37)38)22(36)17-35-16-19-15-23(39-5)28(40-6)26(32)25(19)29(35)33/h13-15,33H,7-12,16-17H2,1-6H3,(H,37,38). The fraction of sp³-hybridized carbons (Fsp3) is 0.500. The van der Waals surface area contributed by atoms with Crippen molar-refractivity contribution in [3.63, 3.8) is 0 Å². The SMILES string of the molecule is COc1cc2c(c(F)c1OC)C(=N)N(CC(=O)c1cc(N(C)CCCF)c(OCCCC(=O)O)c(C(C)(C)C)c1)C2. The van der Waals surface area contributed by atoms with Gasteiger partial charge in [0.25, 0.3) is 0 Å². The van der Waals surface area contributed by atoms with E-state index in [1.54, 1.807) is 25.2 Å². The number of carboxylic acids is 1. The van der Waals surface area contributed by atoms with Crippen LogP contribution in [0.15, 0.2) is 18.2 Å². The van der Waals surface area contributed by atoms with Crippen molar-refractivity contribution in [1.82, 2.24) is 4.90 Å². The van der Waals surface area contributed by atoms with Crippen LogP contribution in [-0.2, 0) is 16.8 Å². The van der Waals surface area contributed by atoms with E-state index in [1.165, 1.54) is 19.1 Å². The first kappa shape index (κ1) is 31.6. The normalized spacial score (nSPS) is 12.8. The smallest absolute Gasteiger partial charge is 0.303 e. The number of anilines is 1. The van der Waals surface area contributed by atoms with Crippen LogP contribution >= 0.6 is 0 Å². The number of ether oxygens (including phenoxy) is 3. The number of carbonyl (C=O) groups is 2. The van der Waals surface area contributed by atoms with E-state index in [2.05, 4.69) is 0 Å². The van der Waals surface area contributed by atoms with Crippen molar-refractivity contribution in [3.8, 4) is 17.2 Å². The fourth-order valence-corrected chi connectivity index (χ4v) is 4.81. The van der Waals surface area contributed by atoms with E-state index in [0.29, 0.717) is 35.5 Å². The predicted molar refractivity (Wildman–Crippen MR) is 152 cm³/mol.